The second-order valence-corrected chi connectivity index (χ2v) is 3.82. The van der Waals surface area contributed by atoms with Gasteiger partial charge in [0.1, 0.15) is 0 Å². The Bertz CT molecular complexity index is 249. The highest BCUT2D eigenvalue weighted by molar-refractivity contribution is 4.81. The van der Waals surface area contributed by atoms with Gasteiger partial charge in [-0.3, -0.25) is 0 Å². The van der Waals surface area contributed by atoms with E-state index in [2.05, 4.69) is 33.8 Å². The highest BCUT2D eigenvalue weighted by Crippen LogP contribution is 2.24. The minimum absolute atomic E-state index is 0.0241. The average molecular weight is 213 g/mol. The highest BCUT2D eigenvalue weighted by Gasteiger charge is 2.24. The summed E-state index contributed by atoms with van der Waals surface area (Å²) in [5, 5.41) is 16.3. The summed E-state index contributed by atoms with van der Waals surface area (Å²) >= 11 is 0. The molecule has 86 valence electrons. The molecule has 0 amide bonds. The van der Waals surface area contributed by atoms with Crippen LogP contribution in [-0.2, 0) is 6.54 Å². The SMILES string of the molecule is CCC(CC)(CO)CNCc1ncon1. The number of aliphatic hydroxyl groups is 1. The molecule has 0 atom stereocenters. The van der Waals surface area contributed by atoms with Crippen LogP contribution in [0.25, 0.3) is 0 Å². The maximum atomic E-state index is 9.34. The third kappa shape index (κ3) is 3.28. The molecule has 5 nitrogen and oxygen atoms in total. The van der Waals surface area contributed by atoms with Crippen molar-refractivity contribution < 1.29 is 9.63 Å². The van der Waals surface area contributed by atoms with Gasteiger partial charge in [0.25, 0.3) is 0 Å². The van der Waals surface area contributed by atoms with Gasteiger partial charge in [0.2, 0.25) is 6.39 Å². The molecule has 0 fully saturated rings. The number of aromatic nitrogens is 2. The van der Waals surface area contributed by atoms with Crippen molar-refractivity contribution in [1.29, 1.82) is 0 Å². The average Bonchev–Trinajstić information content (AvgIpc) is 2.78. The van der Waals surface area contributed by atoms with Crippen LogP contribution in [0.3, 0.4) is 0 Å². The van der Waals surface area contributed by atoms with Gasteiger partial charge in [-0.25, -0.2) is 0 Å². The summed E-state index contributed by atoms with van der Waals surface area (Å²) in [4.78, 5) is 3.91. The Morgan fingerprint density at radius 1 is 1.47 bits per heavy atom. The normalized spacial score (nSPS) is 11.9. The fourth-order valence-electron chi connectivity index (χ4n) is 1.49. The van der Waals surface area contributed by atoms with Crippen molar-refractivity contribution in [3.05, 3.63) is 12.2 Å². The van der Waals surface area contributed by atoms with Gasteiger partial charge in [-0.2, -0.15) is 4.98 Å². The van der Waals surface area contributed by atoms with Crippen LogP contribution in [0.4, 0.5) is 0 Å². The van der Waals surface area contributed by atoms with Crippen molar-refractivity contribution in [3.63, 3.8) is 0 Å². The molecule has 0 radical (unpaired) electrons. The number of hydrogen-bond donors (Lipinski definition) is 2. The minimum Gasteiger partial charge on any atom is -0.396 e. The van der Waals surface area contributed by atoms with Crippen LogP contribution in [0.1, 0.15) is 32.5 Å². The molecular formula is C10H19N3O2. The topological polar surface area (TPSA) is 71.2 Å². The second-order valence-electron chi connectivity index (χ2n) is 3.82. The van der Waals surface area contributed by atoms with Gasteiger partial charge in [0.15, 0.2) is 5.82 Å². The molecule has 0 aliphatic carbocycles. The van der Waals surface area contributed by atoms with Crippen LogP contribution in [0.5, 0.6) is 0 Å². The fourth-order valence-corrected chi connectivity index (χ4v) is 1.49. The monoisotopic (exact) mass is 213 g/mol. The van der Waals surface area contributed by atoms with E-state index in [1.807, 2.05) is 0 Å². The zero-order valence-electron chi connectivity index (χ0n) is 9.36. The Labute approximate surface area is 89.9 Å². The Kier molecular flexibility index (Phi) is 4.71. The lowest BCUT2D eigenvalue weighted by Crippen LogP contribution is -2.36. The predicted molar refractivity (Wildman–Crippen MR) is 56.1 cm³/mol. The van der Waals surface area contributed by atoms with Crippen LogP contribution < -0.4 is 5.32 Å². The summed E-state index contributed by atoms with van der Waals surface area (Å²) in [7, 11) is 0. The van der Waals surface area contributed by atoms with Crippen LogP contribution in [0, 0.1) is 5.41 Å². The van der Waals surface area contributed by atoms with Crippen molar-refractivity contribution in [2.45, 2.75) is 33.2 Å². The lowest BCUT2D eigenvalue weighted by atomic mass is 9.83. The summed E-state index contributed by atoms with van der Waals surface area (Å²) in [5.41, 5.74) is -0.0241. The molecule has 0 saturated heterocycles. The van der Waals surface area contributed by atoms with E-state index in [1.54, 1.807) is 0 Å². The van der Waals surface area contributed by atoms with E-state index >= 15 is 0 Å². The summed E-state index contributed by atoms with van der Waals surface area (Å²) in [6, 6.07) is 0. The van der Waals surface area contributed by atoms with Gasteiger partial charge in [0, 0.05) is 18.6 Å². The number of nitrogens with zero attached hydrogens (tertiary/aromatic N) is 2. The number of rotatable bonds is 7. The molecule has 0 spiro atoms. The number of nitrogens with one attached hydrogen (secondary N) is 1. The Morgan fingerprint density at radius 3 is 2.67 bits per heavy atom. The van der Waals surface area contributed by atoms with Gasteiger partial charge >= 0.3 is 0 Å². The van der Waals surface area contributed by atoms with E-state index in [0.717, 1.165) is 19.4 Å². The second kappa shape index (κ2) is 5.82. The first-order valence-corrected chi connectivity index (χ1v) is 5.33. The molecule has 0 aliphatic heterocycles. The maximum absolute atomic E-state index is 9.34. The Morgan fingerprint density at radius 2 is 2.20 bits per heavy atom. The molecule has 0 bridgehead atoms. The maximum Gasteiger partial charge on any atom is 0.213 e. The lowest BCUT2D eigenvalue weighted by molar-refractivity contribution is 0.112. The molecule has 1 rings (SSSR count). The van der Waals surface area contributed by atoms with Gasteiger partial charge in [-0.05, 0) is 12.8 Å². The number of hydrogen-bond acceptors (Lipinski definition) is 5. The van der Waals surface area contributed by atoms with Crippen LogP contribution in [0.15, 0.2) is 10.9 Å². The van der Waals surface area contributed by atoms with Crippen molar-refractivity contribution in [2.24, 2.45) is 5.41 Å². The zero-order valence-corrected chi connectivity index (χ0v) is 9.36. The van der Waals surface area contributed by atoms with Crippen molar-refractivity contribution >= 4 is 0 Å². The van der Waals surface area contributed by atoms with Gasteiger partial charge in [-0.15, -0.1) is 0 Å². The zero-order chi connectivity index (χ0) is 11.1. The Balaban J connectivity index is 2.34. The molecule has 0 aromatic carbocycles. The minimum atomic E-state index is -0.0241. The molecule has 1 heterocycles. The fraction of sp³-hybridized carbons (Fsp3) is 0.800. The van der Waals surface area contributed by atoms with Crippen LogP contribution in [-0.4, -0.2) is 28.4 Å². The molecule has 1 aromatic rings. The third-order valence-corrected chi connectivity index (χ3v) is 3.03. The summed E-state index contributed by atoms with van der Waals surface area (Å²) in [6.45, 7) is 5.74. The Hall–Kier alpha value is -0.940. The van der Waals surface area contributed by atoms with Gasteiger partial charge in [0.05, 0.1) is 6.54 Å². The van der Waals surface area contributed by atoms with Gasteiger partial charge < -0.3 is 14.9 Å². The summed E-state index contributed by atoms with van der Waals surface area (Å²) in [5.74, 6) is 0.647. The predicted octanol–water partition coefficient (Wildman–Crippen LogP) is 0.958. The van der Waals surface area contributed by atoms with Crippen molar-refractivity contribution in [1.82, 2.24) is 15.5 Å². The van der Waals surface area contributed by atoms with Crippen molar-refractivity contribution in [2.75, 3.05) is 13.2 Å². The van der Waals surface area contributed by atoms with E-state index in [-0.39, 0.29) is 12.0 Å². The first kappa shape index (κ1) is 12.1. The molecule has 15 heavy (non-hydrogen) atoms. The quantitative estimate of drug-likeness (QED) is 0.706. The molecule has 0 unspecified atom stereocenters. The highest BCUT2D eigenvalue weighted by atomic mass is 16.5. The lowest BCUT2D eigenvalue weighted by Gasteiger charge is -2.29. The summed E-state index contributed by atoms with van der Waals surface area (Å²) < 4.78 is 4.63. The largest absolute Gasteiger partial charge is 0.396 e. The third-order valence-electron chi connectivity index (χ3n) is 3.03. The van der Waals surface area contributed by atoms with Crippen LogP contribution >= 0.6 is 0 Å². The first-order valence-electron chi connectivity index (χ1n) is 5.33. The molecule has 0 saturated carbocycles. The van der Waals surface area contributed by atoms with Gasteiger partial charge in [-0.1, -0.05) is 19.0 Å². The van der Waals surface area contributed by atoms with E-state index < -0.39 is 0 Å². The molecular weight excluding hydrogens is 194 g/mol. The van der Waals surface area contributed by atoms with E-state index in [4.69, 9.17) is 0 Å². The molecule has 2 N–H and O–H groups in total. The first-order chi connectivity index (χ1) is 7.26. The smallest absolute Gasteiger partial charge is 0.213 e. The van der Waals surface area contributed by atoms with E-state index in [0.29, 0.717) is 12.4 Å². The van der Waals surface area contributed by atoms with Crippen LogP contribution in [0.2, 0.25) is 0 Å². The molecule has 1 aromatic heterocycles. The van der Waals surface area contributed by atoms with E-state index in [9.17, 15) is 5.11 Å². The standard InChI is InChI=1S/C10H19N3O2/c1-3-10(4-2,7-14)6-11-5-9-12-8-15-13-9/h8,11,14H,3-7H2,1-2H3. The van der Waals surface area contributed by atoms with Crippen molar-refractivity contribution in [3.8, 4) is 0 Å². The summed E-state index contributed by atoms with van der Waals surface area (Å²) in [6.07, 6.45) is 3.23. The van der Waals surface area contributed by atoms with E-state index in [1.165, 1.54) is 6.39 Å². The number of aliphatic hydroxyl groups excluding tert-OH is 1. The molecule has 5 heteroatoms. The molecule has 0 aliphatic rings.